The second kappa shape index (κ2) is 5.72. The number of hydrogen-bond acceptors (Lipinski definition) is 3. The van der Waals surface area contributed by atoms with Gasteiger partial charge in [0.15, 0.2) is 0 Å². The number of amides is 2. The molecule has 0 saturated carbocycles. The maximum Gasteiger partial charge on any atom is 0.317 e. The summed E-state index contributed by atoms with van der Waals surface area (Å²) in [7, 11) is 1.40. The van der Waals surface area contributed by atoms with Gasteiger partial charge in [0, 0.05) is 19.1 Å². The highest BCUT2D eigenvalue weighted by atomic mass is 16.5. The first-order valence-electron chi connectivity index (χ1n) is 5.68. The van der Waals surface area contributed by atoms with E-state index in [1.54, 1.807) is 4.90 Å². The lowest BCUT2D eigenvalue weighted by atomic mass is 9.97. The third-order valence-electron chi connectivity index (χ3n) is 2.73. The number of likely N-dealkylation sites (tertiary alicyclic amines) is 1. The average molecular weight is 228 g/mol. The van der Waals surface area contributed by atoms with E-state index in [0.29, 0.717) is 25.9 Å². The number of nitrogens with zero attached hydrogens (tertiary/aromatic N) is 1. The van der Waals surface area contributed by atoms with Crippen LogP contribution >= 0.6 is 0 Å². The van der Waals surface area contributed by atoms with Crippen LogP contribution in [-0.4, -0.2) is 43.1 Å². The summed E-state index contributed by atoms with van der Waals surface area (Å²) < 4.78 is 4.69. The Labute approximate surface area is 96.1 Å². The first kappa shape index (κ1) is 12.8. The summed E-state index contributed by atoms with van der Waals surface area (Å²) in [5.41, 5.74) is 0. The van der Waals surface area contributed by atoms with Gasteiger partial charge in [-0.2, -0.15) is 0 Å². The van der Waals surface area contributed by atoms with Gasteiger partial charge < -0.3 is 15.0 Å². The summed E-state index contributed by atoms with van der Waals surface area (Å²) in [5.74, 6) is -0.211. The molecule has 5 heteroatoms. The van der Waals surface area contributed by atoms with E-state index >= 15 is 0 Å². The SMILES string of the molecule is COC(=O)C1CCN(C(=O)NC(C)C)CC1. The molecule has 1 rings (SSSR count). The number of carbonyl (C=O) groups excluding carboxylic acids is 2. The number of piperidine rings is 1. The summed E-state index contributed by atoms with van der Waals surface area (Å²) >= 11 is 0. The third-order valence-corrected chi connectivity index (χ3v) is 2.73. The second-order valence-electron chi connectivity index (χ2n) is 4.39. The van der Waals surface area contributed by atoms with E-state index in [1.165, 1.54) is 7.11 Å². The fourth-order valence-corrected chi connectivity index (χ4v) is 1.82. The molecule has 0 spiro atoms. The average Bonchev–Trinajstić information content (AvgIpc) is 2.27. The van der Waals surface area contributed by atoms with Crippen molar-refractivity contribution in [2.24, 2.45) is 5.92 Å². The van der Waals surface area contributed by atoms with Crippen LogP contribution in [0.15, 0.2) is 0 Å². The predicted octanol–water partition coefficient (Wildman–Crippen LogP) is 0.989. The highest BCUT2D eigenvalue weighted by Gasteiger charge is 2.27. The Kier molecular flexibility index (Phi) is 4.58. The first-order valence-corrected chi connectivity index (χ1v) is 5.68. The monoisotopic (exact) mass is 228 g/mol. The van der Waals surface area contributed by atoms with E-state index < -0.39 is 0 Å². The van der Waals surface area contributed by atoms with Crippen molar-refractivity contribution in [3.8, 4) is 0 Å². The molecule has 1 fully saturated rings. The molecule has 16 heavy (non-hydrogen) atoms. The van der Waals surface area contributed by atoms with Crippen LogP contribution in [0.4, 0.5) is 4.79 Å². The summed E-state index contributed by atoms with van der Waals surface area (Å²) in [6, 6.07) is 0.101. The zero-order valence-electron chi connectivity index (χ0n) is 10.2. The second-order valence-corrected chi connectivity index (χ2v) is 4.39. The van der Waals surface area contributed by atoms with Gasteiger partial charge in [-0.25, -0.2) is 4.79 Å². The molecule has 1 aliphatic heterocycles. The Morgan fingerprint density at radius 3 is 2.31 bits per heavy atom. The zero-order chi connectivity index (χ0) is 12.1. The molecule has 0 aromatic rings. The van der Waals surface area contributed by atoms with Crippen LogP contribution in [0.3, 0.4) is 0 Å². The van der Waals surface area contributed by atoms with E-state index in [9.17, 15) is 9.59 Å². The van der Waals surface area contributed by atoms with Crippen molar-refractivity contribution in [1.29, 1.82) is 0 Å². The van der Waals surface area contributed by atoms with E-state index in [4.69, 9.17) is 4.74 Å². The molecule has 0 aromatic heterocycles. The number of ether oxygens (including phenoxy) is 1. The fraction of sp³-hybridized carbons (Fsp3) is 0.818. The molecular weight excluding hydrogens is 208 g/mol. The Bertz CT molecular complexity index is 258. The Morgan fingerprint density at radius 1 is 1.31 bits per heavy atom. The number of esters is 1. The molecule has 1 aliphatic rings. The number of hydrogen-bond donors (Lipinski definition) is 1. The van der Waals surface area contributed by atoms with E-state index in [0.717, 1.165) is 0 Å². The van der Waals surface area contributed by atoms with Crippen molar-refractivity contribution in [3.05, 3.63) is 0 Å². The van der Waals surface area contributed by atoms with E-state index in [1.807, 2.05) is 13.8 Å². The predicted molar refractivity (Wildman–Crippen MR) is 60.0 cm³/mol. The zero-order valence-corrected chi connectivity index (χ0v) is 10.2. The quantitative estimate of drug-likeness (QED) is 0.717. The van der Waals surface area contributed by atoms with Crippen LogP contribution in [0.25, 0.3) is 0 Å². The van der Waals surface area contributed by atoms with Crippen molar-refractivity contribution in [3.63, 3.8) is 0 Å². The van der Waals surface area contributed by atoms with Gasteiger partial charge in [-0.1, -0.05) is 0 Å². The Hall–Kier alpha value is -1.26. The van der Waals surface area contributed by atoms with Crippen LogP contribution in [0.2, 0.25) is 0 Å². The number of methoxy groups -OCH3 is 1. The molecule has 92 valence electrons. The smallest absolute Gasteiger partial charge is 0.317 e. The lowest BCUT2D eigenvalue weighted by Crippen LogP contribution is -2.47. The maximum atomic E-state index is 11.7. The molecule has 1 saturated heterocycles. The molecule has 2 amide bonds. The van der Waals surface area contributed by atoms with Crippen molar-refractivity contribution < 1.29 is 14.3 Å². The molecule has 0 radical (unpaired) electrons. The van der Waals surface area contributed by atoms with E-state index in [2.05, 4.69) is 5.32 Å². The minimum Gasteiger partial charge on any atom is -0.469 e. The van der Waals surface area contributed by atoms with Gasteiger partial charge in [-0.05, 0) is 26.7 Å². The van der Waals surface area contributed by atoms with Gasteiger partial charge in [-0.3, -0.25) is 4.79 Å². The van der Waals surface area contributed by atoms with Gasteiger partial charge >= 0.3 is 12.0 Å². The van der Waals surface area contributed by atoms with Gasteiger partial charge in [-0.15, -0.1) is 0 Å². The largest absolute Gasteiger partial charge is 0.469 e. The van der Waals surface area contributed by atoms with Crippen LogP contribution in [0, 0.1) is 5.92 Å². The lowest BCUT2D eigenvalue weighted by Gasteiger charge is -2.31. The van der Waals surface area contributed by atoms with Crippen molar-refractivity contribution in [1.82, 2.24) is 10.2 Å². The summed E-state index contributed by atoms with van der Waals surface area (Å²) in [6.07, 6.45) is 1.39. The van der Waals surface area contributed by atoms with E-state index in [-0.39, 0.29) is 24.0 Å². The summed E-state index contributed by atoms with van der Waals surface area (Å²) in [6.45, 7) is 5.11. The minimum absolute atomic E-state index is 0.0432. The van der Waals surface area contributed by atoms with Crippen molar-refractivity contribution in [2.75, 3.05) is 20.2 Å². The number of carbonyl (C=O) groups is 2. The highest BCUT2D eigenvalue weighted by molar-refractivity contribution is 5.76. The van der Waals surface area contributed by atoms with Gasteiger partial charge in [0.05, 0.1) is 13.0 Å². The number of rotatable bonds is 2. The molecule has 5 nitrogen and oxygen atoms in total. The topological polar surface area (TPSA) is 58.6 Å². The number of urea groups is 1. The highest BCUT2D eigenvalue weighted by Crippen LogP contribution is 2.18. The van der Waals surface area contributed by atoms with Gasteiger partial charge in [0.2, 0.25) is 0 Å². The molecule has 0 unspecified atom stereocenters. The maximum absolute atomic E-state index is 11.7. The van der Waals surface area contributed by atoms with Crippen molar-refractivity contribution >= 4 is 12.0 Å². The first-order chi connectivity index (χ1) is 7.54. The molecule has 1 heterocycles. The lowest BCUT2D eigenvalue weighted by molar-refractivity contribution is -0.146. The summed E-state index contributed by atoms with van der Waals surface area (Å²) in [4.78, 5) is 24.7. The van der Waals surface area contributed by atoms with Crippen LogP contribution in [-0.2, 0) is 9.53 Å². The van der Waals surface area contributed by atoms with Gasteiger partial charge in [0.1, 0.15) is 0 Å². The summed E-state index contributed by atoms with van der Waals surface area (Å²) in [5, 5.41) is 2.84. The standard InChI is InChI=1S/C11H20N2O3/c1-8(2)12-11(15)13-6-4-9(5-7-13)10(14)16-3/h8-9H,4-7H2,1-3H3,(H,12,15). The molecule has 0 aliphatic carbocycles. The Balaban J connectivity index is 2.37. The molecular formula is C11H20N2O3. The molecule has 1 N–H and O–H groups in total. The Morgan fingerprint density at radius 2 is 1.88 bits per heavy atom. The fourth-order valence-electron chi connectivity index (χ4n) is 1.82. The van der Waals surface area contributed by atoms with Crippen LogP contribution < -0.4 is 5.32 Å². The van der Waals surface area contributed by atoms with Crippen LogP contribution in [0.5, 0.6) is 0 Å². The van der Waals surface area contributed by atoms with Gasteiger partial charge in [0.25, 0.3) is 0 Å². The molecule has 0 atom stereocenters. The van der Waals surface area contributed by atoms with Crippen LogP contribution in [0.1, 0.15) is 26.7 Å². The normalized spacial score (nSPS) is 17.4. The molecule has 0 aromatic carbocycles. The van der Waals surface area contributed by atoms with Crippen molar-refractivity contribution in [2.45, 2.75) is 32.7 Å². The molecule has 0 bridgehead atoms. The third kappa shape index (κ3) is 3.40. The minimum atomic E-state index is -0.163. The number of nitrogens with one attached hydrogen (secondary N) is 1.